The van der Waals surface area contributed by atoms with Gasteiger partial charge in [0, 0.05) is 38.6 Å². The van der Waals surface area contributed by atoms with E-state index >= 15 is 0 Å². The molecule has 0 saturated carbocycles. The predicted octanol–water partition coefficient (Wildman–Crippen LogP) is 1.87. The largest absolute Gasteiger partial charge is 0.376 e. The Bertz CT molecular complexity index is 682. The molecule has 29 heavy (non-hydrogen) atoms. The number of amides is 3. The number of rotatable bonds is 11. The molecule has 162 valence electrons. The van der Waals surface area contributed by atoms with Gasteiger partial charge in [-0.3, -0.25) is 14.4 Å². The summed E-state index contributed by atoms with van der Waals surface area (Å²) in [5.41, 5.74) is 0. The van der Waals surface area contributed by atoms with E-state index in [9.17, 15) is 14.4 Å². The van der Waals surface area contributed by atoms with Crippen molar-refractivity contribution in [2.75, 3.05) is 31.6 Å². The summed E-state index contributed by atoms with van der Waals surface area (Å²) in [6.45, 7) is 7.51. The molecule has 0 spiro atoms. The second-order valence-corrected chi connectivity index (χ2v) is 7.81. The third-order valence-corrected chi connectivity index (χ3v) is 4.68. The Kier molecular flexibility index (Phi) is 9.11. The van der Waals surface area contributed by atoms with Crippen molar-refractivity contribution in [1.82, 2.24) is 15.4 Å². The van der Waals surface area contributed by atoms with Gasteiger partial charge in [-0.2, -0.15) is 0 Å². The molecule has 2 N–H and O–H groups in total. The molecule has 0 aliphatic carbocycles. The Morgan fingerprint density at radius 2 is 2.07 bits per heavy atom. The molecule has 1 aromatic heterocycles. The smallest absolute Gasteiger partial charge is 0.239 e. The van der Waals surface area contributed by atoms with E-state index in [4.69, 9.17) is 9.26 Å². The van der Waals surface area contributed by atoms with Crippen LogP contribution in [0.5, 0.6) is 0 Å². The monoisotopic (exact) mass is 408 g/mol. The van der Waals surface area contributed by atoms with Crippen LogP contribution in [-0.2, 0) is 19.1 Å². The second kappa shape index (κ2) is 11.5. The topological polar surface area (TPSA) is 114 Å². The zero-order valence-electron chi connectivity index (χ0n) is 17.5. The molecule has 0 radical (unpaired) electrons. The van der Waals surface area contributed by atoms with E-state index in [0.717, 1.165) is 25.9 Å². The van der Waals surface area contributed by atoms with E-state index in [1.165, 1.54) is 4.90 Å². The standard InChI is InChI=1S/C20H32N4O5/c1-14(2)8-9-24(13-19(26)21-12-16-5-4-10-28-16)20(27)7-6-18(25)22-17-11-15(3)29-23-17/h11,14,16H,4-10,12-13H2,1-3H3,(H,21,26)(H,22,23,25)/t16-/m0/s1. The van der Waals surface area contributed by atoms with Crippen molar-refractivity contribution in [3.63, 3.8) is 0 Å². The number of nitrogens with one attached hydrogen (secondary N) is 2. The van der Waals surface area contributed by atoms with Crippen LogP contribution < -0.4 is 10.6 Å². The number of carbonyl (C=O) groups excluding carboxylic acids is 3. The molecule has 1 atom stereocenters. The maximum absolute atomic E-state index is 12.6. The molecule has 0 aromatic carbocycles. The number of hydrogen-bond donors (Lipinski definition) is 2. The first-order chi connectivity index (χ1) is 13.8. The number of carbonyl (C=O) groups is 3. The van der Waals surface area contributed by atoms with Crippen LogP contribution in [-0.4, -0.2) is 60.1 Å². The summed E-state index contributed by atoms with van der Waals surface area (Å²) in [6, 6.07) is 1.60. The van der Waals surface area contributed by atoms with E-state index in [2.05, 4.69) is 29.6 Å². The Morgan fingerprint density at radius 3 is 2.69 bits per heavy atom. The molecule has 1 aliphatic rings. The summed E-state index contributed by atoms with van der Waals surface area (Å²) in [7, 11) is 0. The predicted molar refractivity (Wildman–Crippen MR) is 107 cm³/mol. The van der Waals surface area contributed by atoms with Gasteiger partial charge in [0.25, 0.3) is 0 Å². The van der Waals surface area contributed by atoms with Gasteiger partial charge < -0.3 is 24.8 Å². The highest BCUT2D eigenvalue weighted by atomic mass is 16.5. The first-order valence-corrected chi connectivity index (χ1v) is 10.2. The summed E-state index contributed by atoms with van der Waals surface area (Å²) in [6.07, 6.45) is 2.84. The molecule has 9 nitrogen and oxygen atoms in total. The number of anilines is 1. The average molecular weight is 408 g/mol. The van der Waals surface area contributed by atoms with Crippen molar-refractivity contribution < 1.29 is 23.6 Å². The van der Waals surface area contributed by atoms with Crippen LogP contribution in [0.3, 0.4) is 0 Å². The molecule has 1 aliphatic heterocycles. The molecule has 9 heteroatoms. The summed E-state index contributed by atoms with van der Waals surface area (Å²) in [5.74, 6) is 0.567. The molecule has 2 rings (SSSR count). The maximum atomic E-state index is 12.6. The Balaban J connectivity index is 1.79. The Labute approximate surface area is 171 Å². The lowest BCUT2D eigenvalue weighted by Gasteiger charge is -2.23. The van der Waals surface area contributed by atoms with Gasteiger partial charge in [-0.15, -0.1) is 0 Å². The molecule has 1 saturated heterocycles. The Hall–Kier alpha value is -2.42. The quantitative estimate of drug-likeness (QED) is 0.578. The lowest BCUT2D eigenvalue weighted by molar-refractivity contribution is -0.137. The average Bonchev–Trinajstić information content (AvgIpc) is 3.33. The summed E-state index contributed by atoms with van der Waals surface area (Å²) in [5, 5.41) is 9.13. The van der Waals surface area contributed by atoms with E-state index in [1.54, 1.807) is 13.0 Å². The van der Waals surface area contributed by atoms with Crippen LogP contribution in [0.4, 0.5) is 5.82 Å². The van der Waals surface area contributed by atoms with Gasteiger partial charge in [0.05, 0.1) is 12.6 Å². The van der Waals surface area contributed by atoms with E-state index in [1.807, 2.05) is 0 Å². The summed E-state index contributed by atoms with van der Waals surface area (Å²) < 4.78 is 10.4. The maximum Gasteiger partial charge on any atom is 0.239 e. The molecule has 0 bridgehead atoms. The minimum atomic E-state index is -0.321. The lowest BCUT2D eigenvalue weighted by atomic mass is 10.1. The van der Waals surface area contributed by atoms with E-state index < -0.39 is 0 Å². The zero-order chi connectivity index (χ0) is 21.2. The molecule has 1 fully saturated rings. The molecular formula is C20H32N4O5. The van der Waals surface area contributed by atoms with Crippen molar-refractivity contribution in [2.24, 2.45) is 5.92 Å². The van der Waals surface area contributed by atoms with Crippen LogP contribution in [0, 0.1) is 12.8 Å². The van der Waals surface area contributed by atoms with Crippen molar-refractivity contribution in [2.45, 2.75) is 59.0 Å². The zero-order valence-corrected chi connectivity index (χ0v) is 17.5. The van der Waals surface area contributed by atoms with Crippen LogP contribution in [0.15, 0.2) is 10.6 Å². The van der Waals surface area contributed by atoms with Crippen molar-refractivity contribution in [1.29, 1.82) is 0 Å². The van der Waals surface area contributed by atoms with Crippen LogP contribution in [0.25, 0.3) is 0 Å². The van der Waals surface area contributed by atoms with Gasteiger partial charge in [-0.1, -0.05) is 19.0 Å². The van der Waals surface area contributed by atoms with Crippen molar-refractivity contribution >= 4 is 23.5 Å². The Morgan fingerprint density at radius 1 is 1.28 bits per heavy atom. The highest BCUT2D eigenvalue weighted by Gasteiger charge is 2.21. The summed E-state index contributed by atoms with van der Waals surface area (Å²) >= 11 is 0. The van der Waals surface area contributed by atoms with Crippen molar-refractivity contribution in [3.8, 4) is 0 Å². The highest BCUT2D eigenvalue weighted by Crippen LogP contribution is 2.11. The summed E-state index contributed by atoms with van der Waals surface area (Å²) in [4.78, 5) is 38.5. The number of hydrogen-bond acceptors (Lipinski definition) is 6. The van der Waals surface area contributed by atoms with Gasteiger partial charge in [0.2, 0.25) is 17.7 Å². The second-order valence-electron chi connectivity index (χ2n) is 7.81. The molecule has 3 amide bonds. The first kappa shape index (κ1) is 22.9. The molecule has 2 heterocycles. The third-order valence-electron chi connectivity index (χ3n) is 4.68. The SMILES string of the molecule is Cc1cc(NC(=O)CCC(=O)N(CCC(C)C)CC(=O)NC[C@@H]2CCCO2)no1. The van der Waals surface area contributed by atoms with Gasteiger partial charge >= 0.3 is 0 Å². The highest BCUT2D eigenvalue weighted by molar-refractivity contribution is 5.93. The minimum Gasteiger partial charge on any atom is -0.376 e. The van der Waals surface area contributed by atoms with Crippen LogP contribution in [0.1, 0.15) is 51.7 Å². The number of nitrogens with zero attached hydrogens (tertiary/aromatic N) is 2. The van der Waals surface area contributed by atoms with E-state index in [0.29, 0.717) is 30.6 Å². The van der Waals surface area contributed by atoms with Crippen molar-refractivity contribution in [3.05, 3.63) is 11.8 Å². The van der Waals surface area contributed by atoms with Crippen LogP contribution in [0.2, 0.25) is 0 Å². The number of ether oxygens (including phenoxy) is 1. The fourth-order valence-electron chi connectivity index (χ4n) is 2.98. The normalized spacial score (nSPS) is 16.1. The lowest BCUT2D eigenvalue weighted by Crippen LogP contribution is -2.43. The fourth-order valence-corrected chi connectivity index (χ4v) is 2.98. The minimum absolute atomic E-state index is 0.0115. The molecule has 1 aromatic rings. The van der Waals surface area contributed by atoms with Gasteiger partial charge in [-0.05, 0) is 32.1 Å². The van der Waals surface area contributed by atoms with Gasteiger partial charge in [0.1, 0.15) is 5.76 Å². The molecule has 0 unspecified atom stereocenters. The van der Waals surface area contributed by atoms with Crippen LogP contribution >= 0.6 is 0 Å². The third kappa shape index (κ3) is 8.64. The first-order valence-electron chi connectivity index (χ1n) is 10.2. The van der Waals surface area contributed by atoms with E-state index in [-0.39, 0.29) is 43.2 Å². The number of aryl methyl sites for hydroxylation is 1. The number of aromatic nitrogens is 1. The molecular weight excluding hydrogens is 376 g/mol. The van der Waals surface area contributed by atoms with Gasteiger partial charge in [-0.25, -0.2) is 0 Å². The fraction of sp³-hybridized carbons (Fsp3) is 0.700. The van der Waals surface area contributed by atoms with Gasteiger partial charge in [0.15, 0.2) is 5.82 Å².